The minimum atomic E-state index is 0.919. The van der Waals surface area contributed by atoms with Crippen molar-refractivity contribution in [2.45, 2.75) is 19.8 Å². The van der Waals surface area contributed by atoms with Crippen LogP contribution in [0.15, 0.2) is 54.6 Å². The average Bonchev–Trinajstić information content (AvgIpc) is 2.47. The number of fused-ring (bicyclic) bond motifs is 3. The molecule has 0 amide bonds. The topological polar surface area (TPSA) is 14.1 Å². The number of rotatable bonds is 4. The first-order chi connectivity index (χ1) is 9.40. The molecule has 0 fully saturated rings. The molecule has 0 aliphatic heterocycles. The van der Waals surface area contributed by atoms with Gasteiger partial charge in [-0.3, -0.25) is 5.32 Å². The first-order valence-electron chi connectivity index (χ1n) is 6.98. The van der Waals surface area contributed by atoms with Crippen molar-refractivity contribution in [2.75, 3.05) is 6.54 Å². The number of benzene rings is 3. The predicted molar refractivity (Wildman–Crippen MR) is 83.0 cm³/mol. The van der Waals surface area contributed by atoms with E-state index >= 15 is 0 Å². The van der Waals surface area contributed by atoms with E-state index in [9.17, 15) is 0 Å². The van der Waals surface area contributed by atoms with Gasteiger partial charge in [-0.1, -0.05) is 61.9 Å². The molecule has 0 atom stereocenters. The van der Waals surface area contributed by atoms with Crippen LogP contribution in [-0.2, 0) is 0 Å². The molecule has 95 valence electrons. The van der Waals surface area contributed by atoms with E-state index < -0.39 is 0 Å². The lowest BCUT2D eigenvalue weighted by Crippen LogP contribution is -1.99. The van der Waals surface area contributed by atoms with Gasteiger partial charge in [-0.15, -0.1) is 0 Å². The molecule has 0 aliphatic carbocycles. The van der Waals surface area contributed by atoms with E-state index in [0.717, 1.165) is 18.7 Å². The SMILES string of the molecule is CCCC[N]c1cccc2c1ccc1ccccc12. The fourth-order valence-corrected chi connectivity index (χ4v) is 2.52. The largest absolute Gasteiger partial charge is 0.285 e. The van der Waals surface area contributed by atoms with E-state index in [-0.39, 0.29) is 0 Å². The molecule has 3 aromatic rings. The van der Waals surface area contributed by atoms with E-state index in [2.05, 4.69) is 61.5 Å². The van der Waals surface area contributed by atoms with E-state index in [4.69, 9.17) is 5.32 Å². The van der Waals surface area contributed by atoms with Crippen LogP contribution >= 0.6 is 0 Å². The van der Waals surface area contributed by atoms with Gasteiger partial charge in [0.1, 0.15) is 0 Å². The van der Waals surface area contributed by atoms with Crippen molar-refractivity contribution < 1.29 is 0 Å². The van der Waals surface area contributed by atoms with Gasteiger partial charge in [0.25, 0.3) is 0 Å². The second-order valence-electron chi connectivity index (χ2n) is 4.89. The predicted octanol–water partition coefficient (Wildman–Crippen LogP) is 5.03. The quantitative estimate of drug-likeness (QED) is 0.454. The lowest BCUT2D eigenvalue weighted by atomic mass is 10.0. The minimum absolute atomic E-state index is 0.919. The standard InChI is InChI=1S/C18H18N/c1-2-3-13-19-18-10-6-9-16-15-8-5-4-7-14(15)11-12-17(16)18/h4-12H,2-3,13H2,1H3. The molecule has 0 aromatic heterocycles. The fraction of sp³-hybridized carbons (Fsp3) is 0.222. The summed E-state index contributed by atoms with van der Waals surface area (Å²) in [5.41, 5.74) is 1.12. The molecule has 0 saturated carbocycles. The lowest BCUT2D eigenvalue weighted by Gasteiger charge is -2.09. The summed E-state index contributed by atoms with van der Waals surface area (Å²) in [6.45, 7) is 3.12. The van der Waals surface area contributed by atoms with Crippen LogP contribution in [0.1, 0.15) is 19.8 Å². The number of hydrogen-bond acceptors (Lipinski definition) is 0. The zero-order chi connectivity index (χ0) is 13.1. The van der Waals surface area contributed by atoms with E-state index in [1.807, 2.05) is 0 Å². The van der Waals surface area contributed by atoms with Crippen molar-refractivity contribution in [3.63, 3.8) is 0 Å². The van der Waals surface area contributed by atoms with Crippen molar-refractivity contribution in [1.82, 2.24) is 5.32 Å². The Labute approximate surface area is 114 Å². The van der Waals surface area contributed by atoms with Gasteiger partial charge in [-0.05, 0) is 28.6 Å². The highest BCUT2D eigenvalue weighted by molar-refractivity contribution is 6.10. The normalized spacial score (nSPS) is 11.0. The Morgan fingerprint density at radius 3 is 2.53 bits per heavy atom. The van der Waals surface area contributed by atoms with Crippen molar-refractivity contribution in [2.24, 2.45) is 0 Å². The lowest BCUT2D eigenvalue weighted by molar-refractivity contribution is 0.734. The van der Waals surface area contributed by atoms with Crippen LogP contribution in [0.4, 0.5) is 5.69 Å². The molecule has 3 rings (SSSR count). The van der Waals surface area contributed by atoms with E-state index in [1.165, 1.54) is 28.0 Å². The number of unbranched alkanes of at least 4 members (excludes halogenated alkanes) is 1. The van der Waals surface area contributed by atoms with Crippen LogP contribution in [0.3, 0.4) is 0 Å². The van der Waals surface area contributed by atoms with Crippen LogP contribution in [0.2, 0.25) is 0 Å². The molecule has 0 aliphatic rings. The summed E-state index contributed by atoms with van der Waals surface area (Å²) in [5, 5.41) is 9.90. The average molecular weight is 248 g/mol. The fourth-order valence-electron chi connectivity index (χ4n) is 2.52. The summed E-state index contributed by atoms with van der Waals surface area (Å²) in [6, 6.07) is 19.3. The van der Waals surface area contributed by atoms with Crippen molar-refractivity contribution in [3.8, 4) is 0 Å². The molecule has 0 heterocycles. The molecule has 0 saturated heterocycles. The second-order valence-corrected chi connectivity index (χ2v) is 4.89. The molecule has 0 N–H and O–H groups in total. The molecule has 0 unspecified atom stereocenters. The van der Waals surface area contributed by atoms with Gasteiger partial charge in [0.15, 0.2) is 0 Å². The first-order valence-corrected chi connectivity index (χ1v) is 6.98. The molecule has 1 heteroatoms. The van der Waals surface area contributed by atoms with Gasteiger partial charge in [0.2, 0.25) is 0 Å². The van der Waals surface area contributed by atoms with E-state index in [0.29, 0.717) is 0 Å². The van der Waals surface area contributed by atoms with Crippen LogP contribution in [0, 0.1) is 0 Å². The Morgan fingerprint density at radius 1 is 0.789 bits per heavy atom. The Kier molecular flexibility index (Phi) is 3.37. The zero-order valence-corrected chi connectivity index (χ0v) is 11.3. The summed E-state index contributed by atoms with van der Waals surface area (Å²) >= 11 is 0. The summed E-state index contributed by atoms with van der Waals surface area (Å²) in [5.74, 6) is 0. The summed E-state index contributed by atoms with van der Waals surface area (Å²) in [7, 11) is 0. The van der Waals surface area contributed by atoms with Crippen molar-refractivity contribution >= 4 is 27.2 Å². The maximum absolute atomic E-state index is 4.73. The van der Waals surface area contributed by atoms with Crippen molar-refractivity contribution in [3.05, 3.63) is 54.6 Å². The third-order valence-electron chi connectivity index (χ3n) is 3.56. The van der Waals surface area contributed by atoms with Gasteiger partial charge in [0.05, 0.1) is 5.69 Å². The molecule has 0 spiro atoms. The van der Waals surface area contributed by atoms with Crippen molar-refractivity contribution in [1.29, 1.82) is 0 Å². The Morgan fingerprint density at radius 2 is 1.63 bits per heavy atom. The molecule has 0 bridgehead atoms. The van der Waals surface area contributed by atoms with Gasteiger partial charge in [-0.2, -0.15) is 0 Å². The second kappa shape index (κ2) is 5.31. The van der Waals surface area contributed by atoms with Crippen LogP contribution in [0.5, 0.6) is 0 Å². The number of hydrogen-bond donors (Lipinski definition) is 0. The monoisotopic (exact) mass is 248 g/mol. The summed E-state index contributed by atoms with van der Waals surface area (Å²) < 4.78 is 0. The molecule has 3 aromatic carbocycles. The highest BCUT2D eigenvalue weighted by Crippen LogP contribution is 2.30. The Bertz CT molecular complexity index is 700. The minimum Gasteiger partial charge on any atom is -0.285 e. The zero-order valence-electron chi connectivity index (χ0n) is 11.3. The smallest absolute Gasteiger partial charge is 0.0652 e. The summed E-state index contributed by atoms with van der Waals surface area (Å²) in [6.07, 6.45) is 2.35. The maximum atomic E-state index is 4.73. The highest BCUT2D eigenvalue weighted by Gasteiger charge is 2.04. The molecular formula is C18H18N. The molecule has 19 heavy (non-hydrogen) atoms. The third kappa shape index (κ3) is 2.28. The molecule has 1 radical (unpaired) electrons. The maximum Gasteiger partial charge on any atom is 0.0652 e. The van der Waals surface area contributed by atoms with Gasteiger partial charge >= 0.3 is 0 Å². The van der Waals surface area contributed by atoms with E-state index in [1.54, 1.807) is 0 Å². The number of nitrogens with zero attached hydrogens (tertiary/aromatic N) is 1. The molecular weight excluding hydrogens is 230 g/mol. The van der Waals surface area contributed by atoms with Gasteiger partial charge < -0.3 is 0 Å². The van der Waals surface area contributed by atoms with Gasteiger partial charge in [0, 0.05) is 11.9 Å². The third-order valence-corrected chi connectivity index (χ3v) is 3.56. The highest BCUT2D eigenvalue weighted by atomic mass is 14.9. The van der Waals surface area contributed by atoms with Crippen LogP contribution in [-0.4, -0.2) is 6.54 Å². The Hall–Kier alpha value is -2.02. The van der Waals surface area contributed by atoms with Crippen LogP contribution < -0.4 is 5.32 Å². The van der Waals surface area contributed by atoms with Gasteiger partial charge in [-0.25, -0.2) is 0 Å². The Balaban J connectivity index is 2.12. The van der Waals surface area contributed by atoms with Crippen LogP contribution in [0.25, 0.3) is 21.5 Å². The first kappa shape index (κ1) is 12.0. The summed E-state index contributed by atoms with van der Waals surface area (Å²) in [4.78, 5) is 0. The molecule has 1 nitrogen and oxygen atoms in total.